The van der Waals surface area contributed by atoms with Gasteiger partial charge in [0, 0.05) is 6.54 Å². The molecule has 0 heterocycles. The normalized spacial score (nSPS) is 12.1. The summed E-state index contributed by atoms with van der Waals surface area (Å²) in [5.41, 5.74) is 2.72. The maximum Gasteiger partial charge on any atom is 0.179 e. The van der Waals surface area contributed by atoms with Crippen LogP contribution in [-0.2, 0) is 14.7 Å². The first-order valence-corrected chi connectivity index (χ1v) is 7.54. The van der Waals surface area contributed by atoms with E-state index in [0.717, 1.165) is 0 Å². The predicted molar refractivity (Wildman–Crippen MR) is 72.1 cm³/mol. The smallest absolute Gasteiger partial charge is 0.179 e. The fourth-order valence-corrected chi connectivity index (χ4v) is 2.44. The van der Waals surface area contributed by atoms with Gasteiger partial charge in [0.05, 0.1) is 27.9 Å². The molecule has 1 aromatic carbocycles. The molecule has 0 unspecified atom stereocenters. The lowest BCUT2D eigenvalue weighted by Gasteiger charge is -2.19. The molecule has 5 nitrogen and oxygen atoms in total. The minimum Gasteiger partial charge on any atom is -0.296 e. The van der Waals surface area contributed by atoms with Gasteiger partial charge in [0.15, 0.2) is 9.84 Å². The highest BCUT2D eigenvalue weighted by molar-refractivity contribution is 7.91. The third-order valence-electron chi connectivity index (χ3n) is 2.19. The molecule has 19 heavy (non-hydrogen) atoms. The highest BCUT2D eigenvalue weighted by Gasteiger charge is 2.15. The SMILES string of the molecule is CC(C)(C)ONCCS(=O)(=O)c1ccc(C#N)cc1. The second-order valence-corrected chi connectivity index (χ2v) is 7.17. The lowest BCUT2D eigenvalue weighted by Crippen LogP contribution is -2.32. The third kappa shape index (κ3) is 5.39. The van der Waals surface area contributed by atoms with Crippen molar-refractivity contribution in [1.29, 1.82) is 5.26 Å². The van der Waals surface area contributed by atoms with Crippen LogP contribution in [0.15, 0.2) is 29.2 Å². The molecule has 0 aliphatic heterocycles. The third-order valence-corrected chi connectivity index (χ3v) is 3.93. The zero-order valence-electron chi connectivity index (χ0n) is 11.3. The number of hydroxylamine groups is 1. The Labute approximate surface area is 114 Å². The highest BCUT2D eigenvalue weighted by Crippen LogP contribution is 2.12. The molecule has 0 aromatic heterocycles. The first-order chi connectivity index (χ1) is 8.74. The Hall–Kier alpha value is -1.42. The maximum atomic E-state index is 12.0. The molecule has 0 aliphatic carbocycles. The number of benzene rings is 1. The zero-order chi connectivity index (χ0) is 14.5. The average molecular weight is 282 g/mol. The van der Waals surface area contributed by atoms with E-state index in [1.165, 1.54) is 24.3 Å². The van der Waals surface area contributed by atoms with E-state index < -0.39 is 9.84 Å². The molecular weight excluding hydrogens is 264 g/mol. The number of hydrogen-bond donors (Lipinski definition) is 1. The first-order valence-electron chi connectivity index (χ1n) is 5.88. The van der Waals surface area contributed by atoms with Crippen LogP contribution in [-0.4, -0.2) is 26.3 Å². The minimum atomic E-state index is -3.35. The van der Waals surface area contributed by atoms with Gasteiger partial charge in [-0.2, -0.15) is 5.26 Å². The summed E-state index contributed by atoms with van der Waals surface area (Å²) < 4.78 is 24.0. The van der Waals surface area contributed by atoms with E-state index in [1.54, 1.807) is 0 Å². The Morgan fingerprint density at radius 2 is 1.84 bits per heavy atom. The largest absolute Gasteiger partial charge is 0.296 e. The molecule has 0 spiro atoms. The first kappa shape index (κ1) is 15.6. The van der Waals surface area contributed by atoms with E-state index in [-0.39, 0.29) is 22.8 Å². The summed E-state index contributed by atoms with van der Waals surface area (Å²) in [6.45, 7) is 5.82. The van der Waals surface area contributed by atoms with Crippen molar-refractivity contribution in [2.75, 3.05) is 12.3 Å². The summed E-state index contributed by atoms with van der Waals surface area (Å²) in [5, 5.41) is 8.65. The minimum absolute atomic E-state index is 0.0605. The van der Waals surface area contributed by atoms with Crippen LogP contribution in [0, 0.1) is 11.3 Å². The Morgan fingerprint density at radius 1 is 1.26 bits per heavy atom. The number of nitrogens with one attached hydrogen (secondary N) is 1. The van der Waals surface area contributed by atoms with Crippen molar-refractivity contribution in [3.05, 3.63) is 29.8 Å². The van der Waals surface area contributed by atoms with Crippen LogP contribution in [0.5, 0.6) is 0 Å². The number of sulfone groups is 1. The molecule has 0 amide bonds. The summed E-state index contributed by atoms with van der Waals surface area (Å²) in [6, 6.07) is 7.82. The quantitative estimate of drug-likeness (QED) is 0.656. The predicted octanol–water partition coefficient (Wildman–Crippen LogP) is 1.65. The number of nitrogens with zero attached hydrogens (tertiary/aromatic N) is 1. The Balaban J connectivity index is 2.59. The van der Waals surface area contributed by atoms with Crippen LogP contribution in [0.3, 0.4) is 0 Å². The van der Waals surface area contributed by atoms with Crippen LogP contribution < -0.4 is 5.48 Å². The molecule has 0 fully saturated rings. The van der Waals surface area contributed by atoms with Crippen LogP contribution in [0.2, 0.25) is 0 Å². The fourth-order valence-electron chi connectivity index (χ4n) is 1.30. The summed E-state index contributed by atoms with van der Waals surface area (Å²) in [4.78, 5) is 5.45. The van der Waals surface area contributed by atoms with Gasteiger partial charge < -0.3 is 0 Å². The standard InChI is InChI=1S/C13H18N2O3S/c1-13(2,3)18-15-8-9-19(16,17)12-6-4-11(10-14)5-7-12/h4-7,15H,8-9H2,1-3H3. The highest BCUT2D eigenvalue weighted by atomic mass is 32.2. The topological polar surface area (TPSA) is 79.2 Å². The molecule has 1 rings (SSSR count). The van der Waals surface area contributed by atoms with Gasteiger partial charge in [-0.15, -0.1) is 0 Å². The molecule has 0 aliphatic rings. The molecule has 0 radical (unpaired) electrons. The van der Waals surface area contributed by atoms with Crippen molar-refractivity contribution >= 4 is 9.84 Å². The number of nitriles is 1. The summed E-state index contributed by atoms with van der Waals surface area (Å²) in [6.07, 6.45) is 0. The molecular formula is C13H18N2O3S. The molecule has 0 atom stereocenters. The van der Waals surface area contributed by atoms with E-state index in [2.05, 4.69) is 5.48 Å². The summed E-state index contributed by atoms with van der Waals surface area (Å²) in [7, 11) is -3.35. The average Bonchev–Trinajstić information content (AvgIpc) is 2.34. The lowest BCUT2D eigenvalue weighted by molar-refractivity contribution is -0.0699. The lowest BCUT2D eigenvalue weighted by atomic mass is 10.2. The van der Waals surface area contributed by atoms with Gasteiger partial charge in [0.25, 0.3) is 0 Å². The van der Waals surface area contributed by atoms with E-state index >= 15 is 0 Å². The van der Waals surface area contributed by atoms with Gasteiger partial charge in [0.1, 0.15) is 0 Å². The van der Waals surface area contributed by atoms with Crippen LogP contribution in [0.4, 0.5) is 0 Å². The van der Waals surface area contributed by atoms with Gasteiger partial charge in [-0.1, -0.05) is 0 Å². The van der Waals surface area contributed by atoms with Gasteiger partial charge >= 0.3 is 0 Å². The fraction of sp³-hybridized carbons (Fsp3) is 0.462. The van der Waals surface area contributed by atoms with Crippen molar-refractivity contribution in [2.45, 2.75) is 31.3 Å². The van der Waals surface area contributed by atoms with Crippen LogP contribution in [0.25, 0.3) is 0 Å². The Kier molecular flexibility index (Phi) is 5.06. The van der Waals surface area contributed by atoms with Crippen molar-refractivity contribution in [1.82, 2.24) is 5.48 Å². The molecule has 1 N–H and O–H groups in total. The molecule has 0 saturated carbocycles. The number of hydrogen-bond acceptors (Lipinski definition) is 5. The van der Waals surface area contributed by atoms with Crippen molar-refractivity contribution < 1.29 is 13.3 Å². The van der Waals surface area contributed by atoms with E-state index in [4.69, 9.17) is 10.1 Å². The van der Waals surface area contributed by atoms with Crippen molar-refractivity contribution in [3.8, 4) is 6.07 Å². The molecule has 1 aromatic rings. The number of rotatable bonds is 5. The van der Waals surface area contributed by atoms with Gasteiger partial charge in [-0.05, 0) is 45.0 Å². The van der Waals surface area contributed by atoms with Crippen LogP contribution >= 0.6 is 0 Å². The monoisotopic (exact) mass is 282 g/mol. The Morgan fingerprint density at radius 3 is 2.32 bits per heavy atom. The molecule has 6 heteroatoms. The van der Waals surface area contributed by atoms with Gasteiger partial charge in [-0.25, -0.2) is 13.9 Å². The second-order valence-electron chi connectivity index (χ2n) is 5.06. The van der Waals surface area contributed by atoms with E-state index in [0.29, 0.717) is 5.56 Å². The second kappa shape index (κ2) is 6.15. The Bertz CT molecular complexity index is 551. The molecule has 104 valence electrons. The maximum absolute atomic E-state index is 12.0. The summed E-state index contributed by atoms with van der Waals surface area (Å²) >= 11 is 0. The van der Waals surface area contributed by atoms with Crippen molar-refractivity contribution in [2.24, 2.45) is 0 Å². The molecule has 0 bridgehead atoms. The zero-order valence-corrected chi connectivity index (χ0v) is 12.1. The molecule has 0 saturated heterocycles. The van der Waals surface area contributed by atoms with Gasteiger partial charge in [-0.3, -0.25) is 4.84 Å². The summed E-state index contributed by atoms with van der Waals surface area (Å²) in [5.74, 6) is -0.0605. The van der Waals surface area contributed by atoms with Crippen LogP contribution in [0.1, 0.15) is 26.3 Å². The van der Waals surface area contributed by atoms with Crippen molar-refractivity contribution in [3.63, 3.8) is 0 Å². The van der Waals surface area contributed by atoms with Gasteiger partial charge in [0.2, 0.25) is 0 Å². The van der Waals surface area contributed by atoms with E-state index in [1.807, 2.05) is 26.8 Å². The van der Waals surface area contributed by atoms with E-state index in [9.17, 15) is 8.42 Å².